The molecule has 3 N–H and O–H groups in total. The molecule has 0 amide bonds. The molecule has 0 radical (unpaired) electrons. The van der Waals surface area contributed by atoms with Crippen LogP contribution in [0.3, 0.4) is 0 Å². The summed E-state index contributed by atoms with van der Waals surface area (Å²) in [6, 6.07) is 3.73. The number of aliphatic carboxylic acids is 1. The Balaban J connectivity index is 2.54. The molecule has 0 aliphatic rings. The second kappa shape index (κ2) is 6.10. The van der Waals surface area contributed by atoms with E-state index in [1.54, 1.807) is 17.3 Å². The average Bonchev–Trinajstić information content (AvgIpc) is 2.18. The fourth-order valence-electron chi connectivity index (χ4n) is 1.33. The van der Waals surface area contributed by atoms with E-state index in [-0.39, 0.29) is 6.54 Å². The number of nitrogens with zero attached hydrogens (tertiary/aromatic N) is 2. The van der Waals surface area contributed by atoms with Crippen LogP contribution in [0.15, 0.2) is 24.5 Å². The second-order valence-corrected chi connectivity index (χ2v) is 3.25. The summed E-state index contributed by atoms with van der Waals surface area (Å²) in [4.78, 5) is 16.3. The maximum atomic E-state index is 10.6. The van der Waals surface area contributed by atoms with Crippen molar-refractivity contribution >= 4 is 5.97 Å². The highest BCUT2D eigenvalue weighted by atomic mass is 16.4. The Labute approximate surface area is 88.5 Å². The van der Waals surface area contributed by atoms with Crippen molar-refractivity contribution in [3.63, 3.8) is 0 Å². The lowest BCUT2D eigenvalue weighted by Gasteiger charge is -2.18. The zero-order chi connectivity index (χ0) is 11.1. The monoisotopic (exact) mass is 209 g/mol. The maximum absolute atomic E-state index is 10.6. The standard InChI is InChI=1S/C10H15N3O2/c11-3-6-13(8-10(14)15)7-9-1-4-12-5-2-9/h1-2,4-5H,3,6-8,11H2,(H,14,15). The largest absolute Gasteiger partial charge is 0.480 e. The number of rotatable bonds is 6. The Bertz CT molecular complexity index is 303. The molecule has 0 atom stereocenters. The van der Waals surface area contributed by atoms with E-state index in [1.165, 1.54) is 0 Å². The Morgan fingerprint density at radius 2 is 2.13 bits per heavy atom. The fourth-order valence-corrected chi connectivity index (χ4v) is 1.33. The van der Waals surface area contributed by atoms with Gasteiger partial charge in [0.15, 0.2) is 0 Å². The molecule has 5 nitrogen and oxygen atoms in total. The molecule has 0 aliphatic heterocycles. The van der Waals surface area contributed by atoms with Crippen LogP contribution in [0.5, 0.6) is 0 Å². The number of pyridine rings is 1. The van der Waals surface area contributed by atoms with Gasteiger partial charge in [-0.05, 0) is 17.7 Å². The molecule has 1 rings (SSSR count). The van der Waals surface area contributed by atoms with Crippen molar-refractivity contribution in [1.29, 1.82) is 0 Å². The minimum Gasteiger partial charge on any atom is -0.480 e. The van der Waals surface area contributed by atoms with E-state index in [1.807, 2.05) is 12.1 Å². The van der Waals surface area contributed by atoms with Crippen LogP contribution in [0.1, 0.15) is 5.56 Å². The number of hydrogen-bond donors (Lipinski definition) is 2. The van der Waals surface area contributed by atoms with Crippen molar-refractivity contribution in [2.45, 2.75) is 6.54 Å². The summed E-state index contributed by atoms with van der Waals surface area (Å²) in [5.74, 6) is -0.836. The highest BCUT2D eigenvalue weighted by Gasteiger charge is 2.08. The molecule has 0 bridgehead atoms. The summed E-state index contributed by atoms with van der Waals surface area (Å²) in [7, 11) is 0. The number of carbonyl (C=O) groups is 1. The van der Waals surface area contributed by atoms with Crippen LogP contribution < -0.4 is 5.73 Å². The molecule has 0 aliphatic carbocycles. The highest BCUT2D eigenvalue weighted by molar-refractivity contribution is 5.69. The number of hydrogen-bond acceptors (Lipinski definition) is 4. The van der Waals surface area contributed by atoms with E-state index < -0.39 is 5.97 Å². The third-order valence-corrected chi connectivity index (χ3v) is 1.96. The molecular formula is C10H15N3O2. The van der Waals surface area contributed by atoms with Gasteiger partial charge in [0.2, 0.25) is 0 Å². The first-order valence-electron chi connectivity index (χ1n) is 4.75. The summed E-state index contributed by atoms with van der Waals surface area (Å²) < 4.78 is 0. The summed E-state index contributed by atoms with van der Waals surface area (Å²) in [6.07, 6.45) is 3.38. The van der Waals surface area contributed by atoms with E-state index in [4.69, 9.17) is 10.8 Å². The number of aromatic nitrogens is 1. The van der Waals surface area contributed by atoms with E-state index >= 15 is 0 Å². The molecule has 0 aromatic carbocycles. The molecule has 1 aromatic heterocycles. The molecule has 0 saturated heterocycles. The molecule has 0 spiro atoms. The third kappa shape index (κ3) is 4.53. The van der Waals surface area contributed by atoms with Crippen LogP contribution in [0.25, 0.3) is 0 Å². The van der Waals surface area contributed by atoms with Crippen molar-refractivity contribution in [3.8, 4) is 0 Å². The van der Waals surface area contributed by atoms with E-state index in [0.29, 0.717) is 19.6 Å². The van der Waals surface area contributed by atoms with Crippen molar-refractivity contribution in [1.82, 2.24) is 9.88 Å². The zero-order valence-electron chi connectivity index (χ0n) is 8.47. The quantitative estimate of drug-likeness (QED) is 0.685. The van der Waals surface area contributed by atoms with Gasteiger partial charge < -0.3 is 10.8 Å². The van der Waals surface area contributed by atoms with Crippen molar-refractivity contribution in [2.24, 2.45) is 5.73 Å². The first-order valence-corrected chi connectivity index (χ1v) is 4.75. The minimum absolute atomic E-state index is 0.0134. The van der Waals surface area contributed by atoms with Gasteiger partial charge in [0.05, 0.1) is 6.54 Å². The lowest BCUT2D eigenvalue weighted by Crippen LogP contribution is -2.33. The Morgan fingerprint density at radius 1 is 1.47 bits per heavy atom. The van der Waals surface area contributed by atoms with Crippen LogP contribution in [-0.4, -0.2) is 40.6 Å². The van der Waals surface area contributed by atoms with Crippen LogP contribution in [0.2, 0.25) is 0 Å². The summed E-state index contributed by atoms with van der Waals surface area (Å²) >= 11 is 0. The first-order chi connectivity index (χ1) is 7.22. The van der Waals surface area contributed by atoms with Gasteiger partial charge in [0.1, 0.15) is 0 Å². The molecule has 1 aromatic rings. The van der Waals surface area contributed by atoms with Gasteiger partial charge in [0.25, 0.3) is 0 Å². The normalized spacial score (nSPS) is 10.5. The van der Waals surface area contributed by atoms with Gasteiger partial charge in [0, 0.05) is 32.0 Å². The van der Waals surface area contributed by atoms with Crippen molar-refractivity contribution in [2.75, 3.05) is 19.6 Å². The van der Waals surface area contributed by atoms with Gasteiger partial charge in [-0.2, -0.15) is 0 Å². The lowest BCUT2D eigenvalue weighted by molar-refractivity contribution is -0.138. The van der Waals surface area contributed by atoms with Crippen LogP contribution >= 0.6 is 0 Å². The summed E-state index contributed by atoms with van der Waals surface area (Å²) in [6.45, 7) is 1.64. The number of carboxylic acid groups (broad SMARTS) is 1. The number of carboxylic acids is 1. The smallest absolute Gasteiger partial charge is 0.317 e. The van der Waals surface area contributed by atoms with Crippen molar-refractivity contribution < 1.29 is 9.90 Å². The van der Waals surface area contributed by atoms with Crippen LogP contribution in [0.4, 0.5) is 0 Å². The van der Waals surface area contributed by atoms with E-state index in [0.717, 1.165) is 5.56 Å². The molecule has 0 fully saturated rings. The minimum atomic E-state index is -0.836. The highest BCUT2D eigenvalue weighted by Crippen LogP contribution is 2.02. The van der Waals surface area contributed by atoms with Crippen molar-refractivity contribution in [3.05, 3.63) is 30.1 Å². The van der Waals surface area contributed by atoms with Gasteiger partial charge in [-0.15, -0.1) is 0 Å². The van der Waals surface area contributed by atoms with Gasteiger partial charge in [-0.3, -0.25) is 14.7 Å². The van der Waals surface area contributed by atoms with Crippen LogP contribution in [-0.2, 0) is 11.3 Å². The Kier molecular flexibility index (Phi) is 4.73. The second-order valence-electron chi connectivity index (χ2n) is 3.25. The predicted octanol–water partition coefficient (Wildman–Crippen LogP) is -0.0731. The summed E-state index contributed by atoms with van der Waals surface area (Å²) in [5.41, 5.74) is 6.45. The Morgan fingerprint density at radius 3 is 2.67 bits per heavy atom. The fraction of sp³-hybridized carbons (Fsp3) is 0.400. The van der Waals surface area contributed by atoms with Gasteiger partial charge >= 0.3 is 5.97 Å². The van der Waals surface area contributed by atoms with E-state index in [9.17, 15) is 4.79 Å². The zero-order valence-corrected chi connectivity index (χ0v) is 8.47. The maximum Gasteiger partial charge on any atom is 0.317 e. The molecule has 0 saturated carbocycles. The SMILES string of the molecule is NCCN(CC(=O)O)Cc1ccncc1. The molecule has 1 heterocycles. The predicted molar refractivity (Wildman–Crippen MR) is 56.2 cm³/mol. The molecule has 82 valence electrons. The third-order valence-electron chi connectivity index (χ3n) is 1.96. The lowest BCUT2D eigenvalue weighted by atomic mass is 10.2. The topological polar surface area (TPSA) is 79.5 Å². The number of nitrogens with two attached hydrogens (primary N) is 1. The molecular weight excluding hydrogens is 194 g/mol. The van der Waals surface area contributed by atoms with E-state index in [2.05, 4.69) is 4.98 Å². The molecule has 5 heteroatoms. The average molecular weight is 209 g/mol. The van der Waals surface area contributed by atoms with Gasteiger partial charge in [-0.1, -0.05) is 0 Å². The molecule has 0 unspecified atom stereocenters. The van der Waals surface area contributed by atoms with Crippen LogP contribution in [0, 0.1) is 0 Å². The van der Waals surface area contributed by atoms with Gasteiger partial charge in [-0.25, -0.2) is 0 Å². The summed E-state index contributed by atoms with van der Waals surface area (Å²) in [5, 5.41) is 8.69. The first kappa shape index (κ1) is 11.6. The molecule has 15 heavy (non-hydrogen) atoms. The Hall–Kier alpha value is -1.46.